The van der Waals surface area contributed by atoms with Gasteiger partial charge in [0.15, 0.2) is 0 Å². The molecule has 0 atom stereocenters. The number of rotatable bonds is 8. The van der Waals surface area contributed by atoms with E-state index in [9.17, 15) is 13.2 Å². The van der Waals surface area contributed by atoms with Crippen LogP contribution in [-0.2, 0) is 10.0 Å². The number of anilines is 1. The van der Waals surface area contributed by atoms with Crippen LogP contribution in [0.1, 0.15) is 22.8 Å². The van der Waals surface area contributed by atoms with E-state index in [2.05, 4.69) is 10.0 Å². The van der Waals surface area contributed by atoms with Gasteiger partial charge in [0, 0.05) is 24.3 Å². The Morgan fingerprint density at radius 3 is 2.41 bits per heavy atom. The summed E-state index contributed by atoms with van der Waals surface area (Å²) in [7, 11) is -3.83. The molecule has 7 nitrogen and oxygen atoms in total. The summed E-state index contributed by atoms with van der Waals surface area (Å²) in [5, 5.41) is 2.64. The third kappa shape index (κ3) is 6.13. The second-order valence-corrected chi connectivity index (χ2v) is 7.27. The van der Waals surface area contributed by atoms with Crippen molar-refractivity contribution < 1.29 is 17.9 Å². The van der Waals surface area contributed by atoms with Crippen molar-refractivity contribution in [3.8, 4) is 5.75 Å². The molecule has 0 saturated carbocycles. The molecule has 0 radical (unpaired) electrons. The van der Waals surface area contributed by atoms with Gasteiger partial charge in [0.05, 0.1) is 11.5 Å². The number of aryl methyl sites for hydroxylation is 1. The number of sulfonamides is 1. The lowest BCUT2D eigenvalue weighted by Crippen LogP contribution is -2.29. The van der Waals surface area contributed by atoms with E-state index in [1.54, 1.807) is 37.3 Å². The van der Waals surface area contributed by atoms with Crippen LogP contribution < -0.4 is 20.5 Å². The molecule has 0 fully saturated rings. The summed E-state index contributed by atoms with van der Waals surface area (Å²) in [6.07, 6.45) is 0. The van der Waals surface area contributed by atoms with Crippen LogP contribution in [0.25, 0.3) is 0 Å². The number of carbonyl (C=O) groups excluding carboxylic acids is 1. The molecular formula is C18H24ClN3O4S. The SMILES string of the molecule is CCOc1ccc(NS(=O)(=O)c2ccc(C)c(C(=O)NCCN)c2)cc1.Cl. The van der Waals surface area contributed by atoms with E-state index in [4.69, 9.17) is 10.5 Å². The first kappa shape index (κ1) is 22.8. The number of ether oxygens (including phenoxy) is 1. The van der Waals surface area contributed by atoms with Crippen LogP contribution in [0, 0.1) is 6.92 Å². The molecule has 27 heavy (non-hydrogen) atoms. The van der Waals surface area contributed by atoms with Crippen LogP contribution in [-0.4, -0.2) is 34.0 Å². The monoisotopic (exact) mass is 413 g/mol. The summed E-state index contributed by atoms with van der Waals surface area (Å²) in [6, 6.07) is 11.0. The highest BCUT2D eigenvalue weighted by Crippen LogP contribution is 2.21. The van der Waals surface area contributed by atoms with Crippen molar-refractivity contribution in [3.63, 3.8) is 0 Å². The second kappa shape index (κ2) is 10.1. The molecule has 0 aliphatic carbocycles. The zero-order valence-corrected chi connectivity index (χ0v) is 16.8. The zero-order valence-electron chi connectivity index (χ0n) is 15.2. The number of hydrogen-bond acceptors (Lipinski definition) is 5. The summed E-state index contributed by atoms with van der Waals surface area (Å²) < 4.78 is 33.1. The Balaban J connectivity index is 0.00000364. The van der Waals surface area contributed by atoms with E-state index >= 15 is 0 Å². The van der Waals surface area contributed by atoms with Gasteiger partial charge in [-0.25, -0.2) is 8.42 Å². The number of nitrogens with one attached hydrogen (secondary N) is 2. The maximum absolute atomic E-state index is 12.6. The van der Waals surface area contributed by atoms with Crippen molar-refractivity contribution in [2.75, 3.05) is 24.4 Å². The molecular weight excluding hydrogens is 390 g/mol. The summed E-state index contributed by atoms with van der Waals surface area (Å²) in [4.78, 5) is 12.2. The van der Waals surface area contributed by atoms with Crippen LogP contribution in [0.15, 0.2) is 47.4 Å². The van der Waals surface area contributed by atoms with Crippen LogP contribution in [0.5, 0.6) is 5.75 Å². The van der Waals surface area contributed by atoms with Gasteiger partial charge < -0.3 is 15.8 Å². The number of carbonyl (C=O) groups is 1. The van der Waals surface area contributed by atoms with Gasteiger partial charge in [-0.15, -0.1) is 12.4 Å². The first-order valence-electron chi connectivity index (χ1n) is 8.22. The zero-order chi connectivity index (χ0) is 19.2. The minimum atomic E-state index is -3.83. The minimum Gasteiger partial charge on any atom is -0.494 e. The van der Waals surface area contributed by atoms with Gasteiger partial charge in [-0.05, 0) is 55.8 Å². The Morgan fingerprint density at radius 1 is 1.15 bits per heavy atom. The highest BCUT2D eigenvalue weighted by molar-refractivity contribution is 7.92. The van der Waals surface area contributed by atoms with Crippen molar-refractivity contribution in [1.29, 1.82) is 0 Å². The van der Waals surface area contributed by atoms with Crippen LogP contribution in [0.2, 0.25) is 0 Å². The molecule has 0 heterocycles. The number of benzene rings is 2. The minimum absolute atomic E-state index is 0. The second-order valence-electron chi connectivity index (χ2n) is 5.58. The van der Waals surface area contributed by atoms with Gasteiger partial charge in [-0.2, -0.15) is 0 Å². The third-order valence-corrected chi connectivity index (χ3v) is 4.99. The Kier molecular flexibility index (Phi) is 8.55. The lowest BCUT2D eigenvalue weighted by atomic mass is 10.1. The molecule has 0 spiro atoms. The van der Waals surface area contributed by atoms with E-state index in [0.29, 0.717) is 42.3 Å². The van der Waals surface area contributed by atoms with Crippen LogP contribution in [0.3, 0.4) is 0 Å². The maximum atomic E-state index is 12.6. The van der Waals surface area contributed by atoms with Crippen molar-refractivity contribution in [2.45, 2.75) is 18.7 Å². The Morgan fingerprint density at radius 2 is 1.81 bits per heavy atom. The predicted octanol–water partition coefficient (Wildman–Crippen LogP) is 2.30. The fourth-order valence-corrected chi connectivity index (χ4v) is 3.38. The van der Waals surface area contributed by atoms with E-state index < -0.39 is 10.0 Å². The molecule has 148 valence electrons. The fourth-order valence-electron chi connectivity index (χ4n) is 2.29. The molecule has 0 saturated heterocycles. The van der Waals surface area contributed by atoms with Gasteiger partial charge in [-0.1, -0.05) is 6.07 Å². The molecule has 0 unspecified atom stereocenters. The number of hydrogen-bond donors (Lipinski definition) is 3. The number of amides is 1. The van der Waals surface area contributed by atoms with Gasteiger partial charge in [0.25, 0.3) is 15.9 Å². The summed E-state index contributed by atoms with van der Waals surface area (Å²) in [5.74, 6) is 0.302. The fraction of sp³-hybridized carbons (Fsp3) is 0.278. The van der Waals surface area contributed by atoms with Gasteiger partial charge in [0.2, 0.25) is 0 Å². The molecule has 2 aromatic rings. The molecule has 2 rings (SSSR count). The van der Waals surface area contributed by atoms with Gasteiger partial charge >= 0.3 is 0 Å². The molecule has 9 heteroatoms. The van der Waals surface area contributed by atoms with Crippen molar-refractivity contribution in [2.24, 2.45) is 5.73 Å². The summed E-state index contributed by atoms with van der Waals surface area (Å²) in [6.45, 7) is 4.77. The molecule has 1 amide bonds. The Bertz CT molecular complexity index is 871. The first-order valence-corrected chi connectivity index (χ1v) is 9.70. The van der Waals surface area contributed by atoms with E-state index in [1.807, 2.05) is 6.92 Å². The standard InChI is InChI=1S/C18H23N3O4S.ClH/c1-3-25-15-7-5-14(6-8-15)21-26(23,24)16-9-4-13(2)17(12-16)18(22)20-11-10-19;/h4-9,12,21H,3,10-11,19H2,1-2H3,(H,20,22);1H. The van der Waals surface area contributed by atoms with Crippen molar-refractivity contribution in [1.82, 2.24) is 5.32 Å². The number of halogens is 1. The highest BCUT2D eigenvalue weighted by Gasteiger charge is 2.18. The maximum Gasteiger partial charge on any atom is 0.261 e. The molecule has 0 aromatic heterocycles. The lowest BCUT2D eigenvalue weighted by Gasteiger charge is -2.12. The van der Waals surface area contributed by atoms with Crippen molar-refractivity contribution >= 4 is 34.0 Å². The van der Waals surface area contributed by atoms with E-state index in [0.717, 1.165) is 0 Å². The third-order valence-electron chi connectivity index (χ3n) is 3.61. The normalized spacial score (nSPS) is 10.6. The molecule has 0 aliphatic heterocycles. The highest BCUT2D eigenvalue weighted by atomic mass is 35.5. The Hall–Kier alpha value is -2.29. The topological polar surface area (TPSA) is 111 Å². The largest absolute Gasteiger partial charge is 0.494 e. The summed E-state index contributed by atoms with van der Waals surface area (Å²) in [5.41, 5.74) is 6.76. The van der Waals surface area contributed by atoms with Gasteiger partial charge in [0.1, 0.15) is 5.75 Å². The molecule has 0 aliphatic rings. The van der Waals surface area contributed by atoms with Crippen molar-refractivity contribution in [3.05, 3.63) is 53.6 Å². The Labute approximate surface area is 165 Å². The quantitative estimate of drug-likeness (QED) is 0.615. The molecule has 4 N–H and O–H groups in total. The first-order chi connectivity index (χ1) is 12.4. The predicted molar refractivity (Wildman–Crippen MR) is 108 cm³/mol. The van der Waals surface area contributed by atoms with Crippen LogP contribution in [0.4, 0.5) is 5.69 Å². The average Bonchev–Trinajstić information content (AvgIpc) is 2.61. The van der Waals surface area contributed by atoms with Gasteiger partial charge in [-0.3, -0.25) is 9.52 Å². The molecule has 2 aromatic carbocycles. The molecule has 0 bridgehead atoms. The van der Waals surface area contributed by atoms with E-state index in [1.165, 1.54) is 12.1 Å². The lowest BCUT2D eigenvalue weighted by molar-refractivity contribution is 0.0954. The number of nitrogens with two attached hydrogens (primary N) is 1. The van der Waals surface area contributed by atoms with E-state index in [-0.39, 0.29) is 23.2 Å². The smallest absolute Gasteiger partial charge is 0.261 e. The average molecular weight is 414 g/mol. The summed E-state index contributed by atoms with van der Waals surface area (Å²) >= 11 is 0. The van der Waals surface area contributed by atoms with Crippen LogP contribution >= 0.6 is 12.4 Å².